The smallest absolute Gasteiger partial charge is 0.274 e. The van der Waals surface area contributed by atoms with Crippen LogP contribution in [0.1, 0.15) is 25.3 Å². The lowest BCUT2D eigenvalue weighted by Crippen LogP contribution is -2.41. The van der Waals surface area contributed by atoms with E-state index in [-0.39, 0.29) is 11.9 Å². The summed E-state index contributed by atoms with van der Waals surface area (Å²) in [6.45, 7) is 2.85. The third-order valence-electron chi connectivity index (χ3n) is 4.97. The molecule has 1 saturated heterocycles. The fraction of sp³-hybridized carbons (Fsp3) is 0.350. The van der Waals surface area contributed by atoms with E-state index >= 15 is 0 Å². The second-order valence-electron chi connectivity index (χ2n) is 6.81. The Kier molecular flexibility index (Phi) is 5.35. The first-order valence-electron chi connectivity index (χ1n) is 9.27. The Morgan fingerprint density at radius 1 is 1.18 bits per heavy atom. The normalized spacial score (nSPS) is 16.5. The maximum Gasteiger partial charge on any atom is 0.274 e. The van der Waals surface area contributed by atoms with Crippen LogP contribution in [0.4, 0.5) is 4.39 Å². The van der Waals surface area contributed by atoms with Crippen LogP contribution in [0.15, 0.2) is 47.4 Å². The highest BCUT2D eigenvalue weighted by atomic mass is 32.2. The molecule has 2 aromatic carbocycles. The van der Waals surface area contributed by atoms with Crippen molar-refractivity contribution in [2.75, 3.05) is 13.1 Å². The molecule has 0 spiro atoms. The van der Waals surface area contributed by atoms with Crippen LogP contribution in [0.3, 0.4) is 0 Å². The molecular weight excluding hydrogens is 399 g/mol. The Labute approximate surface area is 167 Å². The Balaban J connectivity index is 1.40. The molecule has 28 heavy (non-hydrogen) atoms. The largest absolute Gasteiger partial charge is 0.467 e. The van der Waals surface area contributed by atoms with Gasteiger partial charge in [-0.3, -0.25) is 0 Å². The molecule has 1 aliphatic heterocycles. The number of hydrogen-bond acceptors (Lipinski definition) is 5. The molecule has 8 heteroatoms. The number of piperidine rings is 1. The van der Waals surface area contributed by atoms with Crippen molar-refractivity contribution in [2.45, 2.75) is 37.2 Å². The van der Waals surface area contributed by atoms with Crippen molar-refractivity contribution in [2.24, 2.45) is 0 Å². The molecule has 0 N–H and O–H groups in total. The molecule has 1 fully saturated rings. The maximum absolute atomic E-state index is 13.3. The fourth-order valence-corrected chi connectivity index (χ4v) is 5.68. The Bertz CT molecular complexity index is 1070. The van der Waals surface area contributed by atoms with Crippen molar-refractivity contribution in [1.82, 2.24) is 9.29 Å². The maximum atomic E-state index is 13.3. The van der Waals surface area contributed by atoms with Gasteiger partial charge in [-0.2, -0.15) is 4.31 Å². The number of ether oxygens (including phenoxy) is 1. The van der Waals surface area contributed by atoms with Crippen molar-refractivity contribution in [3.63, 3.8) is 0 Å². The van der Waals surface area contributed by atoms with E-state index in [2.05, 4.69) is 4.98 Å². The van der Waals surface area contributed by atoms with E-state index in [1.165, 1.54) is 27.8 Å². The van der Waals surface area contributed by atoms with Gasteiger partial charge < -0.3 is 4.74 Å². The van der Waals surface area contributed by atoms with Gasteiger partial charge in [0.25, 0.3) is 5.19 Å². The van der Waals surface area contributed by atoms with E-state index < -0.39 is 10.0 Å². The number of sulfonamides is 1. The van der Waals surface area contributed by atoms with Gasteiger partial charge in [-0.25, -0.2) is 17.8 Å². The number of aromatic nitrogens is 1. The molecule has 4 rings (SSSR count). The minimum atomic E-state index is -3.49. The van der Waals surface area contributed by atoms with Crippen LogP contribution in [-0.2, 0) is 16.4 Å². The molecule has 0 bridgehead atoms. The number of fused-ring (bicyclic) bond motifs is 1. The first kappa shape index (κ1) is 19.3. The molecule has 0 aliphatic carbocycles. The zero-order chi connectivity index (χ0) is 19.7. The van der Waals surface area contributed by atoms with Gasteiger partial charge in [0.1, 0.15) is 11.9 Å². The fourth-order valence-electron chi connectivity index (χ4n) is 3.31. The van der Waals surface area contributed by atoms with Gasteiger partial charge in [0.05, 0.1) is 15.1 Å². The average molecular weight is 421 g/mol. The lowest BCUT2D eigenvalue weighted by Gasteiger charge is -2.30. The van der Waals surface area contributed by atoms with Gasteiger partial charge in [0, 0.05) is 13.1 Å². The van der Waals surface area contributed by atoms with Crippen LogP contribution in [0, 0.1) is 5.82 Å². The van der Waals surface area contributed by atoms with E-state index in [9.17, 15) is 12.8 Å². The highest BCUT2D eigenvalue weighted by Crippen LogP contribution is 2.31. The van der Waals surface area contributed by atoms with Gasteiger partial charge in [-0.05, 0) is 55.2 Å². The molecule has 0 radical (unpaired) electrons. The molecule has 3 aromatic rings. The van der Waals surface area contributed by atoms with Crippen LogP contribution in [0.2, 0.25) is 0 Å². The summed E-state index contributed by atoms with van der Waals surface area (Å²) < 4.78 is 47.2. The van der Waals surface area contributed by atoms with Crippen LogP contribution >= 0.6 is 11.3 Å². The average Bonchev–Trinajstić information content (AvgIpc) is 3.09. The highest BCUT2D eigenvalue weighted by Gasteiger charge is 2.30. The lowest BCUT2D eigenvalue weighted by atomic mass is 10.1. The monoisotopic (exact) mass is 420 g/mol. The summed E-state index contributed by atoms with van der Waals surface area (Å²) in [6.07, 6.45) is 1.97. The first-order valence-corrected chi connectivity index (χ1v) is 11.5. The molecule has 5 nitrogen and oxygen atoms in total. The third kappa shape index (κ3) is 3.90. The molecule has 148 valence electrons. The van der Waals surface area contributed by atoms with Gasteiger partial charge in [0.15, 0.2) is 0 Å². The predicted molar refractivity (Wildman–Crippen MR) is 108 cm³/mol. The van der Waals surface area contributed by atoms with Crippen LogP contribution < -0.4 is 4.74 Å². The Morgan fingerprint density at radius 2 is 1.89 bits per heavy atom. The minimum Gasteiger partial charge on any atom is -0.467 e. The number of halogens is 1. The van der Waals surface area contributed by atoms with Gasteiger partial charge in [-0.15, -0.1) is 0 Å². The van der Waals surface area contributed by atoms with E-state index in [0.717, 1.165) is 16.7 Å². The van der Waals surface area contributed by atoms with E-state index in [0.29, 0.717) is 41.5 Å². The van der Waals surface area contributed by atoms with Crippen molar-refractivity contribution < 1.29 is 17.5 Å². The molecule has 0 amide bonds. The summed E-state index contributed by atoms with van der Waals surface area (Å²) in [5.74, 6) is -0.298. The number of nitrogens with zero attached hydrogens (tertiary/aromatic N) is 2. The minimum absolute atomic E-state index is 0.0978. The quantitative estimate of drug-likeness (QED) is 0.620. The molecule has 0 unspecified atom stereocenters. The third-order valence-corrected chi connectivity index (χ3v) is 7.79. The predicted octanol–water partition coefficient (Wildman–Crippen LogP) is 4.23. The standard InChI is InChI=1S/C20H21FN2O3S2/c1-2-14-3-6-17(7-4-14)28(24,25)23-11-9-16(10-12-23)26-20-22-18-8-5-15(21)13-19(18)27-20/h3-8,13,16H,2,9-12H2,1H3. The zero-order valence-corrected chi connectivity index (χ0v) is 17.1. The second-order valence-corrected chi connectivity index (χ2v) is 9.74. The molecule has 0 saturated carbocycles. The van der Waals surface area contributed by atoms with Crippen LogP contribution in [0.25, 0.3) is 10.2 Å². The number of rotatable bonds is 5. The molecule has 1 aromatic heterocycles. The van der Waals surface area contributed by atoms with Crippen LogP contribution in [-0.4, -0.2) is 36.9 Å². The summed E-state index contributed by atoms with van der Waals surface area (Å²) in [5.41, 5.74) is 1.82. The molecule has 1 aliphatic rings. The molecule has 0 atom stereocenters. The van der Waals surface area contributed by atoms with Gasteiger partial charge in [-0.1, -0.05) is 30.4 Å². The van der Waals surface area contributed by atoms with Crippen LogP contribution in [0.5, 0.6) is 5.19 Å². The number of hydrogen-bond donors (Lipinski definition) is 0. The Hall–Kier alpha value is -2.03. The topological polar surface area (TPSA) is 59.5 Å². The zero-order valence-electron chi connectivity index (χ0n) is 15.5. The molecule has 2 heterocycles. The summed E-state index contributed by atoms with van der Waals surface area (Å²) in [5, 5.41) is 0.497. The summed E-state index contributed by atoms with van der Waals surface area (Å²) in [7, 11) is -3.49. The lowest BCUT2D eigenvalue weighted by molar-refractivity contribution is 0.135. The summed E-state index contributed by atoms with van der Waals surface area (Å²) >= 11 is 1.31. The van der Waals surface area contributed by atoms with E-state index in [1.54, 1.807) is 18.2 Å². The highest BCUT2D eigenvalue weighted by molar-refractivity contribution is 7.89. The van der Waals surface area contributed by atoms with Crippen molar-refractivity contribution >= 4 is 31.6 Å². The van der Waals surface area contributed by atoms with Crippen molar-refractivity contribution in [3.8, 4) is 5.19 Å². The van der Waals surface area contributed by atoms with Gasteiger partial charge >= 0.3 is 0 Å². The number of benzene rings is 2. The number of aryl methyl sites for hydroxylation is 1. The number of thiazole rings is 1. The van der Waals surface area contributed by atoms with E-state index in [1.807, 2.05) is 19.1 Å². The van der Waals surface area contributed by atoms with E-state index in [4.69, 9.17) is 4.74 Å². The van der Waals surface area contributed by atoms with Gasteiger partial charge in [0.2, 0.25) is 10.0 Å². The van der Waals surface area contributed by atoms with Crippen molar-refractivity contribution in [3.05, 3.63) is 53.8 Å². The SMILES string of the molecule is CCc1ccc(S(=O)(=O)N2CCC(Oc3nc4ccc(F)cc4s3)CC2)cc1. The summed E-state index contributed by atoms with van der Waals surface area (Å²) in [6, 6.07) is 11.5. The first-order chi connectivity index (χ1) is 13.5. The Morgan fingerprint density at radius 3 is 2.57 bits per heavy atom. The van der Waals surface area contributed by atoms with Crippen molar-refractivity contribution in [1.29, 1.82) is 0 Å². The second kappa shape index (κ2) is 7.77. The molecular formula is C20H21FN2O3S2. The summed E-state index contributed by atoms with van der Waals surface area (Å²) in [4.78, 5) is 4.71.